The van der Waals surface area contributed by atoms with Crippen LogP contribution in [0.3, 0.4) is 0 Å². The molecule has 1 heterocycles. The second-order valence-corrected chi connectivity index (χ2v) is 3.17. The number of amides is 1. The average Bonchev–Trinajstić information content (AvgIpc) is 2.17. The Labute approximate surface area is 87.5 Å². The number of hydrogen-bond acceptors (Lipinski definition) is 6. The Morgan fingerprint density at radius 2 is 2.33 bits per heavy atom. The molecule has 0 aliphatic heterocycles. The summed E-state index contributed by atoms with van der Waals surface area (Å²) in [5, 5.41) is 0. The number of rotatable bonds is 4. The quantitative estimate of drug-likeness (QED) is 0.434. The monoisotopic (exact) mass is 210 g/mol. The number of likely N-dealkylation sites (N-methyl/N-ethyl adjacent to an activating group) is 1. The van der Waals surface area contributed by atoms with Crippen molar-refractivity contribution in [2.75, 3.05) is 23.9 Å². The Morgan fingerprint density at radius 1 is 1.67 bits per heavy atom. The van der Waals surface area contributed by atoms with E-state index in [2.05, 4.69) is 15.4 Å². The number of nitrogens with one attached hydrogen (secondary N) is 1. The highest BCUT2D eigenvalue weighted by Crippen LogP contribution is 2.15. The maximum atomic E-state index is 10.7. The Bertz CT molecular complexity index is 366. The molecule has 0 aromatic carbocycles. The summed E-state index contributed by atoms with van der Waals surface area (Å²) >= 11 is 0. The largest absolute Gasteiger partial charge is 0.368 e. The number of hydrogen-bond donors (Lipinski definition) is 3. The lowest BCUT2D eigenvalue weighted by Gasteiger charge is -2.18. The average molecular weight is 210 g/mol. The van der Waals surface area contributed by atoms with Crippen molar-refractivity contribution in [3.63, 3.8) is 0 Å². The van der Waals surface area contributed by atoms with Crippen molar-refractivity contribution < 1.29 is 4.79 Å². The van der Waals surface area contributed by atoms with E-state index in [1.165, 1.54) is 0 Å². The van der Waals surface area contributed by atoms with E-state index in [0.29, 0.717) is 11.8 Å². The van der Waals surface area contributed by atoms with Crippen LogP contribution in [0.25, 0.3) is 0 Å². The van der Waals surface area contributed by atoms with Crippen LogP contribution in [-0.2, 0) is 4.79 Å². The Balaban J connectivity index is 2.95. The zero-order valence-corrected chi connectivity index (χ0v) is 8.69. The molecule has 0 saturated heterocycles. The fourth-order valence-electron chi connectivity index (χ4n) is 1.20. The highest BCUT2D eigenvalue weighted by Gasteiger charge is 2.10. The van der Waals surface area contributed by atoms with Gasteiger partial charge in [-0.25, -0.2) is 10.8 Å². The lowest BCUT2D eigenvalue weighted by molar-refractivity contribution is -0.116. The molecule has 0 atom stereocenters. The third kappa shape index (κ3) is 2.78. The summed E-state index contributed by atoms with van der Waals surface area (Å²) in [6.07, 6.45) is 1.62. The van der Waals surface area contributed by atoms with Crippen LogP contribution in [0.2, 0.25) is 0 Å². The van der Waals surface area contributed by atoms with E-state index in [-0.39, 0.29) is 6.54 Å². The Morgan fingerprint density at radius 3 is 2.87 bits per heavy atom. The number of carbonyl (C=O) groups is 1. The fourth-order valence-corrected chi connectivity index (χ4v) is 1.20. The predicted molar refractivity (Wildman–Crippen MR) is 57.0 cm³/mol. The van der Waals surface area contributed by atoms with Crippen LogP contribution in [0.4, 0.5) is 11.8 Å². The van der Waals surface area contributed by atoms with Gasteiger partial charge in [0.05, 0.1) is 6.54 Å². The van der Waals surface area contributed by atoms with Crippen molar-refractivity contribution >= 4 is 17.7 Å². The van der Waals surface area contributed by atoms with Gasteiger partial charge < -0.3 is 10.6 Å². The van der Waals surface area contributed by atoms with Gasteiger partial charge in [-0.3, -0.25) is 10.2 Å². The van der Waals surface area contributed by atoms with Crippen molar-refractivity contribution in [3.8, 4) is 0 Å². The van der Waals surface area contributed by atoms with Crippen LogP contribution < -0.4 is 21.9 Å². The Kier molecular flexibility index (Phi) is 3.40. The molecule has 0 aliphatic carbocycles. The molecule has 0 radical (unpaired) electrons. The molecular weight excluding hydrogens is 196 g/mol. The van der Waals surface area contributed by atoms with Crippen LogP contribution >= 0.6 is 0 Å². The van der Waals surface area contributed by atoms with E-state index >= 15 is 0 Å². The first-order valence-corrected chi connectivity index (χ1v) is 4.34. The zero-order valence-electron chi connectivity index (χ0n) is 8.69. The highest BCUT2D eigenvalue weighted by molar-refractivity contribution is 5.79. The molecule has 0 unspecified atom stereocenters. The number of nitrogens with zero attached hydrogens (tertiary/aromatic N) is 3. The van der Waals surface area contributed by atoms with Gasteiger partial charge in [-0.15, -0.1) is 0 Å². The number of anilines is 2. The molecule has 0 aliphatic rings. The van der Waals surface area contributed by atoms with Crippen molar-refractivity contribution in [2.45, 2.75) is 6.92 Å². The van der Waals surface area contributed by atoms with Gasteiger partial charge in [0.25, 0.3) is 0 Å². The summed E-state index contributed by atoms with van der Waals surface area (Å²) < 4.78 is 0. The first-order chi connectivity index (χ1) is 7.04. The first kappa shape index (κ1) is 11.2. The molecule has 0 saturated carbocycles. The summed E-state index contributed by atoms with van der Waals surface area (Å²) in [6.45, 7) is 1.94. The van der Waals surface area contributed by atoms with Gasteiger partial charge in [-0.1, -0.05) is 0 Å². The molecule has 0 spiro atoms. The number of hydrazine groups is 1. The first-order valence-electron chi connectivity index (χ1n) is 4.34. The molecular formula is C8H14N6O. The second kappa shape index (κ2) is 4.56. The number of primary amides is 1. The van der Waals surface area contributed by atoms with Gasteiger partial charge in [-0.2, -0.15) is 4.98 Å². The maximum Gasteiger partial charge on any atom is 0.239 e. The lowest BCUT2D eigenvalue weighted by atomic mass is 10.3. The van der Waals surface area contributed by atoms with Gasteiger partial charge in [0.2, 0.25) is 11.9 Å². The predicted octanol–water partition coefficient (Wildman–Crippen LogP) is -1.01. The topological polar surface area (TPSA) is 110 Å². The molecule has 1 amide bonds. The molecule has 0 bridgehead atoms. The molecule has 5 N–H and O–H groups in total. The minimum atomic E-state index is -0.419. The van der Waals surface area contributed by atoms with Crippen molar-refractivity contribution in [3.05, 3.63) is 11.8 Å². The summed E-state index contributed by atoms with van der Waals surface area (Å²) in [7, 11) is 1.72. The van der Waals surface area contributed by atoms with E-state index < -0.39 is 5.91 Å². The van der Waals surface area contributed by atoms with E-state index in [1.807, 2.05) is 6.92 Å². The summed E-state index contributed by atoms with van der Waals surface area (Å²) in [5.41, 5.74) is 8.27. The third-order valence-electron chi connectivity index (χ3n) is 1.83. The normalized spacial score (nSPS) is 9.80. The third-order valence-corrected chi connectivity index (χ3v) is 1.83. The van der Waals surface area contributed by atoms with Crippen LogP contribution in [0, 0.1) is 6.92 Å². The zero-order chi connectivity index (χ0) is 11.4. The second-order valence-electron chi connectivity index (χ2n) is 3.17. The maximum absolute atomic E-state index is 10.7. The molecule has 15 heavy (non-hydrogen) atoms. The fraction of sp³-hybridized carbons (Fsp3) is 0.375. The van der Waals surface area contributed by atoms with E-state index in [9.17, 15) is 4.79 Å². The van der Waals surface area contributed by atoms with E-state index in [0.717, 1.165) is 5.56 Å². The van der Waals surface area contributed by atoms with Crippen molar-refractivity contribution in [2.24, 2.45) is 11.6 Å². The van der Waals surface area contributed by atoms with Crippen LogP contribution in [0.5, 0.6) is 0 Å². The minimum absolute atomic E-state index is 0.0991. The number of aromatic nitrogens is 2. The van der Waals surface area contributed by atoms with Gasteiger partial charge in [-0.05, 0) is 6.92 Å². The number of nitrogens with two attached hydrogens (primary N) is 2. The molecule has 1 aromatic heterocycles. The number of nitrogen functional groups attached to an aromatic ring is 1. The molecule has 1 aromatic rings. The highest BCUT2D eigenvalue weighted by atomic mass is 16.1. The van der Waals surface area contributed by atoms with E-state index in [4.69, 9.17) is 11.6 Å². The smallest absolute Gasteiger partial charge is 0.239 e. The van der Waals surface area contributed by atoms with Crippen LogP contribution in [-0.4, -0.2) is 29.5 Å². The number of aryl methyl sites for hydroxylation is 1. The Hall–Kier alpha value is -1.89. The molecule has 1 rings (SSSR count). The van der Waals surface area contributed by atoms with E-state index in [1.54, 1.807) is 18.1 Å². The minimum Gasteiger partial charge on any atom is -0.368 e. The summed E-state index contributed by atoms with van der Waals surface area (Å²) in [4.78, 5) is 20.4. The summed E-state index contributed by atoms with van der Waals surface area (Å²) in [6, 6.07) is 0. The molecule has 82 valence electrons. The molecule has 0 fully saturated rings. The summed E-state index contributed by atoms with van der Waals surface area (Å²) in [5.74, 6) is 5.69. The van der Waals surface area contributed by atoms with Gasteiger partial charge in [0.1, 0.15) is 5.82 Å². The molecule has 7 heteroatoms. The standard InChI is InChI=1S/C8H14N6O/c1-5-3-11-8(13-10)12-7(5)14(2)4-6(9)15/h3H,4,10H2,1-2H3,(H2,9,15)(H,11,12,13). The lowest BCUT2D eigenvalue weighted by Crippen LogP contribution is -2.31. The van der Waals surface area contributed by atoms with Crippen molar-refractivity contribution in [1.82, 2.24) is 9.97 Å². The van der Waals surface area contributed by atoms with Gasteiger partial charge in [0.15, 0.2) is 0 Å². The molecule has 7 nitrogen and oxygen atoms in total. The van der Waals surface area contributed by atoms with Gasteiger partial charge >= 0.3 is 0 Å². The van der Waals surface area contributed by atoms with Crippen LogP contribution in [0.15, 0.2) is 6.20 Å². The number of carbonyl (C=O) groups excluding carboxylic acids is 1. The van der Waals surface area contributed by atoms with Gasteiger partial charge in [0, 0.05) is 18.8 Å². The SMILES string of the molecule is Cc1cnc(NN)nc1N(C)CC(N)=O. The van der Waals surface area contributed by atoms with Crippen LogP contribution in [0.1, 0.15) is 5.56 Å². The van der Waals surface area contributed by atoms with Crippen molar-refractivity contribution in [1.29, 1.82) is 0 Å².